The highest BCUT2D eigenvalue weighted by Gasteiger charge is 2.39. The molecule has 0 aliphatic carbocycles. The molecule has 28 heavy (non-hydrogen) atoms. The van der Waals surface area contributed by atoms with Crippen molar-refractivity contribution in [2.75, 3.05) is 18.1 Å². The van der Waals surface area contributed by atoms with Crippen molar-refractivity contribution in [2.45, 2.75) is 18.9 Å². The molecule has 2 aliphatic rings. The summed E-state index contributed by atoms with van der Waals surface area (Å²) in [5.74, 6) is 0.293. The molecule has 0 aromatic heterocycles. The van der Waals surface area contributed by atoms with Crippen molar-refractivity contribution < 1.29 is 19.1 Å². The fraction of sp³-hybridized carbons (Fsp3) is 0.238. The average Bonchev–Trinajstić information content (AvgIpc) is 3.30. The lowest BCUT2D eigenvalue weighted by molar-refractivity contribution is -0.120. The van der Waals surface area contributed by atoms with Gasteiger partial charge >= 0.3 is 0 Å². The molecule has 1 fully saturated rings. The Balaban J connectivity index is 1.45. The van der Waals surface area contributed by atoms with Crippen LogP contribution in [-0.4, -0.2) is 31.1 Å². The fourth-order valence-electron chi connectivity index (χ4n) is 3.20. The second-order valence-electron chi connectivity index (χ2n) is 6.56. The number of carbonyl (C=O) groups excluding carboxylic acids is 2. The first-order valence-corrected chi connectivity index (χ1v) is 9.48. The molecule has 0 saturated carbocycles. The number of anilines is 1. The second-order valence-corrected chi connectivity index (χ2v) is 6.94. The number of nitrogens with one attached hydrogen (secondary N) is 1. The van der Waals surface area contributed by atoms with Crippen LogP contribution in [0.1, 0.15) is 12.8 Å². The molecule has 7 heteroatoms. The minimum absolute atomic E-state index is 0.0309. The van der Waals surface area contributed by atoms with E-state index in [0.29, 0.717) is 23.7 Å². The van der Waals surface area contributed by atoms with Gasteiger partial charge in [-0.3, -0.25) is 9.59 Å². The van der Waals surface area contributed by atoms with Crippen LogP contribution in [0.25, 0.3) is 0 Å². The van der Waals surface area contributed by atoms with Crippen molar-refractivity contribution >= 4 is 29.1 Å². The van der Waals surface area contributed by atoms with Gasteiger partial charge in [0.2, 0.25) is 0 Å². The number of hydrogen-bond donors (Lipinski definition) is 1. The molecule has 0 bridgehead atoms. The molecular weight excluding hydrogens is 380 g/mol. The van der Waals surface area contributed by atoms with Gasteiger partial charge in [0.15, 0.2) is 0 Å². The standard InChI is InChI=1S/C21H19ClN2O4/c22-18-19(23-13-17-7-4-12-27-17)21(26)24(20(18)25)14-8-10-16(11-9-14)28-15-5-2-1-3-6-15/h1-3,5-6,8-11,17,23H,4,7,12-13H2. The van der Waals surface area contributed by atoms with E-state index in [-0.39, 0.29) is 16.8 Å². The smallest absolute Gasteiger partial charge is 0.283 e. The molecule has 0 radical (unpaired) electrons. The molecule has 144 valence electrons. The predicted molar refractivity (Wildman–Crippen MR) is 105 cm³/mol. The first-order chi connectivity index (χ1) is 13.6. The Morgan fingerprint density at radius 1 is 1.04 bits per heavy atom. The average molecular weight is 399 g/mol. The number of amides is 2. The summed E-state index contributed by atoms with van der Waals surface area (Å²) in [5.41, 5.74) is 0.550. The third-order valence-corrected chi connectivity index (χ3v) is 4.98. The topological polar surface area (TPSA) is 67.9 Å². The van der Waals surface area contributed by atoms with Crippen LogP contribution in [0.5, 0.6) is 11.5 Å². The maximum atomic E-state index is 12.7. The predicted octanol–water partition coefficient (Wildman–Crippen LogP) is 3.57. The highest BCUT2D eigenvalue weighted by molar-refractivity contribution is 6.52. The number of halogens is 1. The zero-order valence-electron chi connectivity index (χ0n) is 15.1. The lowest BCUT2D eigenvalue weighted by Gasteiger charge is -2.16. The van der Waals surface area contributed by atoms with Crippen molar-refractivity contribution in [3.8, 4) is 11.5 Å². The maximum Gasteiger partial charge on any atom is 0.283 e. The normalized spacial score (nSPS) is 19.5. The Kier molecular flexibility index (Phi) is 5.32. The van der Waals surface area contributed by atoms with Crippen LogP contribution in [0.2, 0.25) is 0 Å². The first-order valence-electron chi connectivity index (χ1n) is 9.10. The molecule has 2 amide bonds. The van der Waals surface area contributed by atoms with Crippen LogP contribution in [0.15, 0.2) is 65.3 Å². The van der Waals surface area contributed by atoms with E-state index in [9.17, 15) is 9.59 Å². The van der Waals surface area contributed by atoms with E-state index in [1.165, 1.54) is 0 Å². The molecule has 2 aromatic carbocycles. The van der Waals surface area contributed by atoms with Crippen molar-refractivity contribution in [1.82, 2.24) is 5.32 Å². The maximum absolute atomic E-state index is 12.7. The van der Waals surface area contributed by atoms with Crippen LogP contribution in [0.4, 0.5) is 5.69 Å². The van der Waals surface area contributed by atoms with Crippen molar-refractivity contribution in [3.05, 3.63) is 65.3 Å². The van der Waals surface area contributed by atoms with Crippen LogP contribution < -0.4 is 15.0 Å². The minimum atomic E-state index is -0.543. The Labute approximate surface area is 167 Å². The van der Waals surface area contributed by atoms with Crippen molar-refractivity contribution in [2.24, 2.45) is 0 Å². The molecule has 1 atom stereocenters. The van der Waals surface area contributed by atoms with Crippen molar-refractivity contribution in [1.29, 1.82) is 0 Å². The van der Waals surface area contributed by atoms with Gasteiger partial charge in [0.25, 0.3) is 11.8 Å². The Morgan fingerprint density at radius 2 is 1.75 bits per heavy atom. The molecule has 1 unspecified atom stereocenters. The summed E-state index contributed by atoms with van der Waals surface area (Å²) in [7, 11) is 0. The summed E-state index contributed by atoms with van der Waals surface area (Å²) in [6, 6.07) is 16.1. The monoisotopic (exact) mass is 398 g/mol. The summed E-state index contributed by atoms with van der Waals surface area (Å²) in [4.78, 5) is 26.3. The highest BCUT2D eigenvalue weighted by atomic mass is 35.5. The SMILES string of the molecule is O=C1C(Cl)=C(NCC2CCCO2)C(=O)N1c1ccc(Oc2ccccc2)cc1. The van der Waals surface area contributed by atoms with Crippen LogP contribution in [0.3, 0.4) is 0 Å². The van der Waals surface area contributed by atoms with Crippen molar-refractivity contribution in [3.63, 3.8) is 0 Å². The quantitative estimate of drug-likeness (QED) is 0.753. The number of nitrogens with zero attached hydrogens (tertiary/aromatic N) is 1. The molecule has 6 nitrogen and oxygen atoms in total. The summed E-state index contributed by atoms with van der Waals surface area (Å²) in [6.45, 7) is 1.16. The van der Waals surface area contributed by atoms with E-state index >= 15 is 0 Å². The van der Waals surface area contributed by atoms with E-state index in [1.807, 2.05) is 30.3 Å². The molecule has 4 rings (SSSR count). The number of ether oxygens (including phenoxy) is 2. The molecule has 1 saturated heterocycles. The lowest BCUT2D eigenvalue weighted by Crippen LogP contribution is -2.35. The Hall–Kier alpha value is -2.83. The summed E-state index contributed by atoms with van der Waals surface area (Å²) < 4.78 is 11.3. The second kappa shape index (κ2) is 8.04. The van der Waals surface area contributed by atoms with Gasteiger partial charge in [0, 0.05) is 13.2 Å². The summed E-state index contributed by atoms with van der Waals surface area (Å²) >= 11 is 6.13. The summed E-state index contributed by atoms with van der Waals surface area (Å²) in [5, 5.41) is 2.88. The number of para-hydroxylation sites is 1. The van der Waals surface area contributed by atoms with Crippen LogP contribution >= 0.6 is 11.6 Å². The van der Waals surface area contributed by atoms with Gasteiger partial charge in [-0.05, 0) is 49.2 Å². The Bertz CT molecular complexity index is 906. The number of benzene rings is 2. The van der Waals surface area contributed by atoms with Gasteiger partial charge in [-0.15, -0.1) is 0 Å². The number of rotatable bonds is 6. The zero-order chi connectivity index (χ0) is 19.5. The van der Waals surface area contributed by atoms with Gasteiger partial charge in [0.05, 0.1) is 11.8 Å². The van der Waals surface area contributed by atoms with E-state index in [1.54, 1.807) is 24.3 Å². The minimum Gasteiger partial charge on any atom is -0.457 e. The molecule has 2 heterocycles. The van der Waals surface area contributed by atoms with Crippen LogP contribution in [-0.2, 0) is 14.3 Å². The zero-order valence-corrected chi connectivity index (χ0v) is 15.8. The first kappa shape index (κ1) is 18.5. The van der Waals surface area contributed by atoms with E-state index in [4.69, 9.17) is 21.1 Å². The largest absolute Gasteiger partial charge is 0.457 e. The molecule has 1 N–H and O–H groups in total. The van der Waals surface area contributed by atoms with Gasteiger partial charge in [-0.1, -0.05) is 29.8 Å². The van der Waals surface area contributed by atoms with E-state index in [0.717, 1.165) is 24.3 Å². The number of carbonyl (C=O) groups is 2. The fourth-order valence-corrected chi connectivity index (χ4v) is 3.43. The summed E-state index contributed by atoms with van der Waals surface area (Å²) in [6.07, 6.45) is 1.95. The Morgan fingerprint density at radius 3 is 2.43 bits per heavy atom. The van der Waals surface area contributed by atoms with Crippen LogP contribution in [0, 0.1) is 0 Å². The molecule has 2 aromatic rings. The molecular formula is C21H19ClN2O4. The lowest BCUT2D eigenvalue weighted by atomic mass is 10.2. The van der Waals surface area contributed by atoms with Gasteiger partial charge in [-0.25, -0.2) is 4.90 Å². The molecule has 0 spiro atoms. The van der Waals surface area contributed by atoms with Gasteiger partial charge in [0.1, 0.15) is 22.2 Å². The van der Waals surface area contributed by atoms with Gasteiger partial charge in [-0.2, -0.15) is 0 Å². The number of hydrogen-bond acceptors (Lipinski definition) is 5. The highest BCUT2D eigenvalue weighted by Crippen LogP contribution is 2.30. The van der Waals surface area contributed by atoms with E-state index in [2.05, 4.69) is 5.32 Å². The third kappa shape index (κ3) is 3.74. The number of imide groups is 1. The third-order valence-electron chi connectivity index (χ3n) is 4.63. The van der Waals surface area contributed by atoms with E-state index < -0.39 is 11.8 Å². The molecule has 2 aliphatic heterocycles. The van der Waals surface area contributed by atoms with Gasteiger partial charge < -0.3 is 14.8 Å².